The Kier molecular flexibility index (Phi) is 4.93. The highest BCUT2D eigenvalue weighted by molar-refractivity contribution is 5.96. The highest BCUT2D eigenvalue weighted by Gasteiger charge is 2.32. The zero-order chi connectivity index (χ0) is 16.1. The molecule has 0 spiro atoms. The van der Waals surface area contributed by atoms with Crippen LogP contribution in [-0.4, -0.2) is 36.9 Å². The maximum absolute atomic E-state index is 12.0. The number of benzene rings is 1. The standard InChI is InChI=1S/C16H18N2O4/c1-11-9-13(12-7-5-4-6-8-12)18(17-11)14(16(20)22-3)10-15(19)21-2/h4-8,10,13H,9H2,1-3H3/b14-10+. The Morgan fingerprint density at radius 3 is 2.50 bits per heavy atom. The first-order valence-corrected chi connectivity index (χ1v) is 6.83. The van der Waals surface area contributed by atoms with Crippen molar-refractivity contribution in [3.05, 3.63) is 47.7 Å². The molecule has 116 valence electrons. The second kappa shape index (κ2) is 6.89. The zero-order valence-corrected chi connectivity index (χ0v) is 12.8. The molecule has 1 aliphatic rings. The molecule has 0 saturated heterocycles. The first kappa shape index (κ1) is 15.8. The predicted octanol–water partition coefficient (Wildman–Crippen LogP) is 2.04. The summed E-state index contributed by atoms with van der Waals surface area (Å²) in [4.78, 5) is 23.6. The SMILES string of the molecule is COC(=O)/C=C(\C(=O)OC)N1N=C(C)CC1c1ccccc1. The van der Waals surface area contributed by atoms with Gasteiger partial charge in [-0.2, -0.15) is 5.10 Å². The van der Waals surface area contributed by atoms with Gasteiger partial charge >= 0.3 is 11.9 Å². The van der Waals surface area contributed by atoms with Crippen LogP contribution in [0.25, 0.3) is 0 Å². The van der Waals surface area contributed by atoms with Crippen molar-refractivity contribution >= 4 is 17.7 Å². The first-order chi connectivity index (χ1) is 10.6. The number of hydrogen-bond acceptors (Lipinski definition) is 6. The van der Waals surface area contributed by atoms with E-state index in [0.717, 1.165) is 17.4 Å². The van der Waals surface area contributed by atoms with Gasteiger partial charge in [0, 0.05) is 12.1 Å². The van der Waals surface area contributed by atoms with Crippen molar-refractivity contribution in [1.29, 1.82) is 0 Å². The monoisotopic (exact) mass is 302 g/mol. The summed E-state index contributed by atoms with van der Waals surface area (Å²) in [7, 11) is 2.51. The van der Waals surface area contributed by atoms with E-state index in [1.807, 2.05) is 37.3 Å². The van der Waals surface area contributed by atoms with E-state index < -0.39 is 11.9 Å². The fourth-order valence-corrected chi connectivity index (χ4v) is 2.31. The molecular formula is C16H18N2O4. The molecular weight excluding hydrogens is 284 g/mol. The quantitative estimate of drug-likeness (QED) is 0.629. The molecule has 2 rings (SSSR count). The van der Waals surface area contributed by atoms with Crippen LogP contribution in [0, 0.1) is 0 Å². The van der Waals surface area contributed by atoms with Crippen molar-refractivity contribution in [2.75, 3.05) is 14.2 Å². The van der Waals surface area contributed by atoms with Gasteiger partial charge in [-0.1, -0.05) is 30.3 Å². The van der Waals surface area contributed by atoms with E-state index >= 15 is 0 Å². The lowest BCUT2D eigenvalue weighted by Crippen LogP contribution is -2.26. The van der Waals surface area contributed by atoms with Gasteiger partial charge in [-0.05, 0) is 12.5 Å². The molecule has 0 saturated carbocycles. The van der Waals surface area contributed by atoms with Crippen LogP contribution in [0.3, 0.4) is 0 Å². The summed E-state index contributed by atoms with van der Waals surface area (Å²) >= 11 is 0. The van der Waals surface area contributed by atoms with Gasteiger partial charge in [0.15, 0.2) is 5.70 Å². The fraction of sp³-hybridized carbons (Fsp3) is 0.312. The molecule has 1 atom stereocenters. The lowest BCUT2D eigenvalue weighted by atomic mass is 10.0. The van der Waals surface area contributed by atoms with Crippen molar-refractivity contribution in [2.45, 2.75) is 19.4 Å². The molecule has 0 amide bonds. The molecule has 1 heterocycles. The Labute approximate surface area is 129 Å². The van der Waals surface area contributed by atoms with Gasteiger partial charge in [0.25, 0.3) is 0 Å². The Morgan fingerprint density at radius 2 is 1.91 bits per heavy atom. The van der Waals surface area contributed by atoms with Crippen LogP contribution in [0.2, 0.25) is 0 Å². The van der Waals surface area contributed by atoms with Crippen molar-refractivity contribution in [3.8, 4) is 0 Å². The normalized spacial score (nSPS) is 18.0. The van der Waals surface area contributed by atoms with Crippen LogP contribution in [0.4, 0.5) is 0 Å². The highest BCUT2D eigenvalue weighted by Crippen LogP contribution is 2.34. The third kappa shape index (κ3) is 3.33. The summed E-state index contributed by atoms with van der Waals surface area (Å²) in [6.45, 7) is 1.88. The van der Waals surface area contributed by atoms with Gasteiger partial charge in [0.1, 0.15) is 0 Å². The summed E-state index contributed by atoms with van der Waals surface area (Å²) < 4.78 is 9.37. The van der Waals surface area contributed by atoms with Crippen LogP contribution in [0.1, 0.15) is 24.9 Å². The van der Waals surface area contributed by atoms with E-state index in [1.54, 1.807) is 0 Å². The number of nitrogens with zero attached hydrogens (tertiary/aromatic N) is 2. The average Bonchev–Trinajstić information content (AvgIpc) is 2.94. The summed E-state index contributed by atoms with van der Waals surface area (Å²) in [6, 6.07) is 9.52. The molecule has 0 radical (unpaired) electrons. The summed E-state index contributed by atoms with van der Waals surface area (Å²) in [5.74, 6) is -1.27. The number of hydrogen-bond donors (Lipinski definition) is 0. The lowest BCUT2D eigenvalue weighted by molar-refractivity contribution is -0.140. The summed E-state index contributed by atoms with van der Waals surface area (Å²) in [6.07, 6.45) is 1.77. The minimum atomic E-state index is -0.634. The second-order valence-electron chi connectivity index (χ2n) is 4.85. The number of ether oxygens (including phenoxy) is 2. The Balaban J connectivity index is 2.41. The Hall–Kier alpha value is -2.63. The minimum absolute atomic E-state index is 0.0556. The van der Waals surface area contributed by atoms with Crippen LogP contribution in [-0.2, 0) is 19.1 Å². The number of carbonyl (C=O) groups excluding carboxylic acids is 2. The zero-order valence-electron chi connectivity index (χ0n) is 12.8. The fourth-order valence-electron chi connectivity index (χ4n) is 2.31. The van der Waals surface area contributed by atoms with Gasteiger partial charge in [-0.3, -0.25) is 5.01 Å². The van der Waals surface area contributed by atoms with Gasteiger partial charge < -0.3 is 9.47 Å². The summed E-state index contributed by atoms with van der Waals surface area (Å²) in [5.41, 5.74) is 1.93. The smallest absolute Gasteiger partial charge is 0.356 e. The molecule has 1 aliphatic heterocycles. The molecule has 1 aromatic rings. The van der Waals surface area contributed by atoms with Crippen molar-refractivity contribution in [3.63, 3.8) is 0 Å². The maximum atomic E-state index is 12.0. The van der Waals surface area contributed by atoms with E-state index in [2.05, 4.69) is 9.84 Å². The highest BCUT2D eigenvalue weighted by atomic mass is 16.5. The molecule has 1 unspecified atom stereocenters. The first-order valence-electron chi connectivity index (χ1n) is 6.83. The maximum Gasteiger partial charge on any atom is 0.356 e. The second-order valence-corrected chi connectivity index (χ2v) is 4.85. The molecule has 0 bridgehead atoms. The number of rotatable bonds is 4. The van der Waals surface area contributed by atoms with E-state index in [0.29, 0.717) is 6.42 Å². The lowest BCUT2D eigenvalue weighted by Gasteiger charge is -2.24. The molecule has 22 heavy (non-hydrogen) atoms. The van der Waals surface area contributed by atoms with Gasteiger partial charge in [-0.25, -0.2) is 9.59 Å². The molecule has 0 aromatic heterocycles. The molecule has 0 aliphatic carbocycles. The molecule has 1 aromatic carbocycles. The molecule has 6 heteroatoms. The summed E-state index contributed by atoms with van der Waals surface area (Å²) in [5, 5.41) is 5.90. The Bertz CT molecular complexity index is 622. The molecule has 0 N–H and O–H groups in total. The Morgan fingerprint density at radius 1 is 1.23 bits per heavy atom. The van der Waals surface area contributed by atoms with Crippen LogP contribution < -0.4 is 0 Å². The van der Waals surface area contributed by atoms with Crippen molar-refractivity contribution in [2.24, 2.45) is 5.10 Å². The topological polar surface area (TPSA) is 68.2 Å². The van der Waals surface area contributed by atoms with Crippen LogP contribution >= 0.6 is 0 Å². The number of carbonyl (C=O) groups is 2. The number of hydrazone groups is 1. The third-order valence-corrected chi connectivity index (χ3v) is 3.34. The van der Waals surface area contributed by atoms with Gasteiger partial charge in [-0.15, -0.1) is 0 Å². The van der Waals surface area contributed by atoms with Gasteiger partial charge in [0.2, 0.25) is 0 Å². The van der Waals surface area contributed by atoms with E-state index in [4.69, 9.17) is 4.74 Å². The van der Waals surface area contributed by atoms with Crippen molar-refractivity contribution in [1.82, 2.24) is 5.01 Å². The van der Waals surface area contributed by atoms with Crippen LogP contribution in [0.15, 0.2) is 47.2 Å². The number of esters is 2. The van der Waals surface area contributed by atoms with E-state index in [9.17, 15) is 9.59 Å². The average molecular weight is 302 g/mol. The van der Waals surface area contributed by atoms with Gasteiger partial charge in [0.05, 0.1) is 26.3 Å². The number of methoxy groups -OCH3 is 2. The largest absolute Gasteiger partial charge is 0.466 e. The minimum Gasteiger partial charge on any atom is -0.466 e. The van der Waals surface area contributed by atoms with E-state index in [-0.39, 0.29) is 11.7 Å². The third-order valence-electron chi connectivity index (χ3n) is 3.34. The van der Waals surface area contributed by atoms with Crippen molar-refractivity contribution < 1.29 is 19.1 Å². The van der Waals surface area contributed by atoms with E-state index in [1.165, 1.54) is 19.2 Å². The molecule has 0 fully saturated rings. The predicted molar refractivity (Wildman–Crippen MR) is 80.9 cm³/mol. The van der Waals surface area contributed by atoms with Crippen LogP contribution in [0.5, 0.6) is 0 Å². The molecule has 6 nitrogen and oxygen atoms in total.